The molecule has 1 N–H and O–H groups in total. The summed E-state index contributed by atoms with van der Waals surface area (Å²) in [6.45, 7) is 0. The monoisotopic (exact) mass is 153 g/mol. The van der Waals surface area contributed by atoms with Gasteiger partial charge in [0.15, 0.2) is 0 Å². The van der Waals surface area contributed by atoms with E-state index in [2.05, 4.69) is 0 Å². The predicted molar refractivity (Wildman–Crippen MR) is 36.9 cm³/mol. The van der Waals surface area contributed by atoms with Crippen molar-refractivity contribution < 1.29 is 9.90 Å². The van der Waals surface area contributed by atoms with Gasteiger partial charge in [0.1, 0.15) is 0 Å². The Kier molecular flexibility index (Phi) is 3.90. The lowest BCUT2D eigenvalue weighted by molar-refractivity contribution is 0.191. The van der Waals surface area contributed by atoms with Gasteiger partial charge in [-0.3, -0.25) is 0 Å². The summed E-state index contributed by atoms with van der Waals surface area (Å²) < 4.78 is 1.17. The molecule has 8 heavy (non-hydrogen) atoms. The minimum atomic E-state index is -0.912. The van der Waals surface area contributed by atoms with Crippen LogP contribution in [-0.4, -0.2) is 27.4 Å². The topological polar surface area (TPSA) is 40.5 Å². The van der Waals surface area contributed by atoms with E-state index in [1.165, 1.54) is 27.6 Å². The molecule has 0 aromatic carbocycles. The third kappa shape index (κ3) is 2.32. The Hall–Kier alpha value is -0.0300. The molecule has 0 spiro atoms. The zero-order chi connectivity index (χ0) is 6.57. The molecule has 0 heterocycles. The van der Waals surface area contributed by atoms with Gasteiger partial charge in [0.25, 0.3) is 0 Å². The molecular weight excluding hydrogens is 146 g/mol. The lowest BCUT2D eigenvalue weighted by Crippen LogP contribution is -2.12. The highest BCUT2D eigenvalue weighted by atomic mass is 32.2. The molecule has 0 aromatic rings. The molecule has 0 rings (SSSR count). The second-order valence-electron chi connectivity index (χ2n) is 0.905. The Bertz CT molecular complexity index is 83.4. The summed E-state index contributed by atoms with van der Waals surface area (Å²) in [5, 5.41) is 8.26. The molecular formula is C3H7NO2S2. The standard InChI is InChI=1S/C3H7NO2S2/c1-7-4(8-2)3(5)6/h1-2H3,(H,5,6). The maximum atomic E-state index is 10.0. The average Bonchev–Trinajstić information content (AvgIpc) is 1.69. The van der Waals surface area contributed by atoms with Gasteiger partial charge in [-0.25, -0.2) is 4.79 Å². The molecule has 0 fully saturated rings. The van der Waals surface area contributed by atoms with Crippen molar-refractivity contribution in [3.05, 3.63) is 0 Å². The van der Waals surface area contributed by atoms with Gasteiger partial charge in [-0.05, 0) is 23.9 Å². The lowest BCUT2D eigenvalue weighted by atomic mass is 11.3. The quantitative estimate of drug-likeness (QED) is 0.611. The van der Waals surface area contributed by atoms with Crippen LogP contribution in [0.5, 0.6) is 0 Å². The van der Waals surface area contributed by atoms with E-state index in [4.69, 9.17) is 5.11 Å². The van der Waals surface area contributed by atoms with Crippen molar-refractivity contribution in [1.82, 2.24) is 3.71 Å². The number of rotatable bonds is 2. The van der Waals surface area contributed by atoms with E-state index in [-0.39, 0.29) is 0 Å². The van der Waals surface area contributed by atoms with E-state index < -0.39 is 6.09 Å². The summed E-state index contributed by atoms with van der Waals surface area (Å²) in [7, 11) is 0. The fraction of sp³-hybridized carbons (Fsp3) is 0.667. The van der Waals surface area contributed by atoms with Gasteiger partial charge in [0, 0.05) is 12.5 Å². The molecule has 0 radical (unpaired) electrons. The molecule has 3 nitrogen and oxygen atoms in total. The maximum Gasteiger partial charge on any atom is 0.427 e. The summed E-state index contributed by atoms with van der Waals surface area (Å²) in [6, 6.07) is 0. The Morgan fingerprint density at radius 3 is 1.88 bits per heavy atom. The minimum Gasteiger partial charge on any atom is -0.464 e. The first kappa shape index (κ1) is 7.97. The van der Waals surface area contributed by atoms with Crippen molar-refractivity contribution in [1.29, 1.82) is 0 Å². The summed E-state index contributed by atoms with van der Waals surface area (Å²) in [5.41, 5.74) is 0. The van der Waals surface area contributed by atoms with Crippen molar-refractivity contribution in [3.8, 4) is 0 Å². The fourth-order valence-corrected chi connectivity index (χ4v) is 1.14. The first-order valence-electron chi connectivity index (χ1n) is 1.83. The van der Waals surface area contributed by atoms with E-state index in [9.17, 15) is 4.79 Å². The smallest absolute Gasteiger partial charge is 0.427 e. The van der Waals surface area contributed by atoms with E-state index >= 15 is 0 Å². The number of carbonyl (C=O) groups is 1. The SMILES string of the molecule is CSN(SC)C(=O)O. The number of hydrogen-bond donors (Lipinski definition) is 1. The number of nitrogens with zero attached hydrogens (tertiary/aromatic N) is 1. The molecule has 1 amide bonds. The largest absolute Gasteiger partial charge is 0.464 e. The molecule has 0 bridgehead atoms. The Morgan fingerprint density at radius 1 is 1.50 bits per heavy atom. The molecule has 0 saturated heterocycles. The van der Waals surface area contributed by atoms with Crippen LogP contribution in [0.3, 0.4) is 0 Å². The molecule has 5 heteroatoms. The van der Waals surface area contributed by atoms with Crippen LogP contribution in [0.4, 0.5) is 4.79 Å². The maximum absolute atomic E-state index is 10.0. The van der Waals surface area contributed by atoms with Crippen molar-refractivity contribution in [2.75, 3.05) is 12.5 Å². The van der Waals surface area contributed by atoms with Gasteiger partial charge in [0.2, 0.25) is 0 Å². The zero-order valence-corrected chi connectivity index (χ0v) is 6.25. The molecule has 0 aliphatic rings. The predicted octanol–water partition coefficient (Wildman–Crippen LogP) is 1.52. The van der Waals surface area contributed by atoms with Crippen LogP contribution in [0, 0.1) is 0 Å². The molecule has 0 aromatic heterocycles. The summed E-state index contributed by atoms with van der Waals surface area (Å²) in [5.74, 6) is 0. The molecule has 0 atom stereocenters. The highest BCUT2D eigenvalue weighted by molar-refractivity contribution is 8.12. The Morgan fingerprint density at radius 2 is 1.88 bits per heavy atom. The fourth-order valence-electron chi connectivity index (χ4n) is 0.231. The van der Waals surface area contributed by atoms with Crippen LogP contribution in [0.15, 0.2) is 0 Å². The van der Waals surface area contributed by atoms with Crippen molar-refractivity contribution in [2.45, 2.75) is 0 Å². The number of amides is 1. The number of carboxylic acid groups (broad SMARTS) is 1. The van der Waals surface area contributed by atoms with Crippen LogP contribution in [0.1, 0.15) is 0 Å². The van der Waals surface area contributed by atoms with Crippen LogP contribution >= 0.6 is 23.9 Å². The lowest BCUT2D eigenvalue weighted by Gasteiger charge is -2.08. The van der Waals surface area contributed by atoms with Crippen LogP contribution < -0.4 is 0 Å². The highest BCUT2D eigenvalue weighted by Crippen LogP contribution is 2.14. The Balaban J connectivity index is 3.52. The van der Waals surface area contributed by atoms with Crippen molar-refractivity contribution >= 4 is 30.0 Å². The molecule has 48 valence electrons. The normalized spacial score (nSPS) is 8.75. The number of hydrogen-bond acceptors (Lipinski definition) is 3. The first-order valence-corrected chi connectivity index (χ1v) is 4.20. The second-order valence-corrected chi connectivity index (χ2v) is 2.60. The highest BCUT2D eigenvalue weighted by Gasteiger charge is 2.06. The summed E-state index contributed by atoms with van der Waals surface area (Å²) in [4.78, 5) is 10.0. The third-order valence-electron chi connectivity index (χ3n) is 0.488. The molecule has 0 aliphatic heterocycles. The van der Waals surface area contributed by atoms with Gasteiger partial charge in [-0.15, -0.1) is 0 Å². The zero-order valence-electron chi connectivity index (χ0n) is 4.62. The van der Waals surface area contributed by atoms with Gasteiger partial charge in [-0.2, -0.15) is 3.71 Å². The molecule has 0 aliphatic carbocycles. The van der Waals surface area contributed by atoms with E-state index in [1.807, 2.05) is 0 Å². The van der Waals surface area contributed by atoms with Gasteiger partial charge in [0.05, 0.1) is 0 Å². The van der Waals surface area contributed by atoms with Crippen LogP contribution in [-0.2, 0) is 0 Å². The van der Waals surface area contributed by atoms with Gasteiger partial charge in [-0.1, -0.05) is 0 Å². The van der Waals surface area contributed by atoms with Crippen molar-refractivity contribution in [3.63, 3.8) is 0 Å². The van der Waals surface area contributed by atoms with E-state index in [0.717, 1.165) is 0 Å². The first-order chi connectivity index (χ1) is 3.72. The minimum absolute atomic E-state index is 0.912. The van der Waals surface area contributed by atoms with Crippen LogP contribution in [0.2, 0.25) is 0 Å². The van der Waals surface area contributed by atoms with Crippen LogP contribution in [0.25, 0.3) is 0 Å². The molecule has 0 unspecified atom stereocenters. The molecule has 0 saturated carbocycles. The summed E-state index contributed by atoms with van der Waals surface area (Å²) in [6.07, 6.45) is 2.51. The average molecular weight is 153 g/mol. The van der Waals surface area contributed by atoms with Gasteiger partial charge >= 0.3 is 6.09 Å². The van der Waals surface area contributed by atoms with E-state index in [0.29, 0.717) is 0 Å². The summed E-state index contributed by atoms with van der Waals surface area (Å²) >= 11 is 2.35. The third-order valence-corrected chi connectivity index (χ3v) is 2.36. The van der Waals surface area contributed by atoms with Crippen molar-refractivity contribution in [2.24, 2.45) is 0 Å². The Labute approximate surface area is 56.7 Å². The van der Waals surface area contributed by atoms with Gasteiger partial charge < -0.3 is 5.11 Å². The van der Waals surface area contributed by atoms with E-state index in [1.54, 1.807) is 12.5 Å². The second kappa shape index (κ2) is 3.91.